The molecule has 0 radical (unpaired) electrons. The van der Waals surface area contributed by atoms with Crippen LogP contribution in [0.4, 0.5) is 5.82 Å². The predicted octanol–water partition coefficient (Wildman–Crippen LogP) is 3.57. The highest BCUT2D eigenvalue weighted by Crippen LogP contribution is 2.23. The van der Waals surface area contributed by atoms with Gasteiger partial charge >= 0.3 is 0 Å². The van der Waals surface area contributed by atoms with E-state index in [2.05, 4.69) is 17.2 Å². The zero-order chi connectivity index (χ0) is 14.5. The van der Waals surface area contributed by atoms with E-state index in [1.165, 1.54) is 12.8 Å². The lowest BCUT2D eigenvalue weighted by Crippen LogP contribution is -2.38. The number of halogens is 1. The minimum Gasteiger partial charge on any atom is -0.370 e. The van der Waals surface area contributed by atoms with E-state index in [-0.39, 0.29) is 11.9 Å². The van der Waals surface area contributed by atoms with E-state index in [4.69, 9.17) is 11.6 Å². The average molecular weight is 296 g/mol. The summed E-state index contributed by atoms with van der Waals surface area (Å²) >= 11 is 6.16. The molecule has 1 aromatic rings. The third kappa shape index (κ3) is 3.42. The number of hydrogen-bond donors (Lipinski definition) is 1. The van der Waals surface area contributed by atoms with Gasteiger partial charge in [0.1, 0.15) is 11.5 Å². The summed E-state index contributed by atoms with van der Waals surface area (Å²) in [6, 6.07) is 3.79. The molecule has 0 aliphatic carbocycles. The molecule has 4 nitrogen and oxygen atoms in total. The molecule has 2 rings (SSSR count). The number of carbonyl (C=O) groups excluding carboxylic acids is 1. The van der Waals surface area contributed by atoms with Gasteiger partial charge in [-0.3, -0.25) is 4.79 Å². The maximum atomic E-state index is 12.7. The summed E-state index contributed by atoms with van der Waals surface area (Å²) in [4.78, 5) is 19.0. The van der Waals surface area contributed by atoms with Gasteiger partial charge in [-0.05, 0) is 38.8 Å². The fourth-order valence-corrected chi connectivity index (χ4v) is 2.77. The SMILES string of the molecule is CCNc1ccc(Cl)c(C(=O)N2CCCCCC2C)n1. The standard InChI is InChI=1S/C15H22ClN3O/c1-3-17-13-9-8-12(16)14(18-13)15(20)19-10-6-4-5-7-11(19)2/h8-9,11H,3-7,10H2,1-2H3,(H,17,18). The Morgan fingerprint density at radius 3 is 3.00 bits per heavy atom. The quantitative estimate of drug-likeness (QED) is 0.927. The molecule has 1 fully saturated rings. The molecular formula is C15H22ClN3O. The molecule has 1 aliphatic heterocycles. The Labute approximate surface area is 125 Å². The first-order valence-electron chi connectivity index (χ1n) is 7.35. The van der Waals surface area contributed by atoms with Crippen LogP contribution in [0, 0.1) is 0 Å². The van der Waals surface area contributed by atoms with Crippen LogP contribution in [0.3, 0.4) is 0 Å². The minimum atomic E-state index is -0.0517. The number of rotatable bonds is 3. The van der Waals surface area contributed by atoms with E-state index in [0.717, 1.165) is 25.9 Å². The van der Waals surface area contributed by atoms with Crippen molar-refractivity contribution < 1.29 is 4.79 Å². The molecule has 1 amide bonds. The molecule has 1 aromatic heterocycles. The summed E-state index contributed by atoms with van der Waals surface area (Å²) < 4.78 is 0. The fourth-order valence-electron chi connectivity index (χ4n) is 2.58. The van der Waals surface area contributed by atoms with Crippen molar-refractivity contribution in [1.82, 2.24) is 9.88 Å². The first kappa shape index (κ1) is 15.1. The van der Waals surface area contributed by atoms with E-state index < -0.39 is 0 Å². The lowest BCUT2D eigenvalue weighted by molar-refractivity contribution is 0.0692. The zero-order valence-corrected chi connectivity index (χ0v) is 12.9. The zero-order valence-electron chi connectivity index (χ0n) is 12.2. The number of hydrogen-bond acceptors (Lipinski definition) is 3. The Kier molecular flexibility index (Phi) is 5.24. The van der Waals surface area contributed by atoms with E-state index in [9.17, 15) is 4.79 Å². The third-order valence-corrected chi connectivity index (χ3v) is 4.03. The number of nitrogens with zero attached hydrogens (tertiary/aromatic N) is 2. The van der Waals surface area contributed by atoms with Gasteiger partial charge in [0.25, 0.3) is 5.91 Å². The van der Waals surface area contributed by atoms with Crippen molar-refractivity contribution in [3.63, 3.8) is 0 Å². The fraction of sp³-hybridized carbons (Fsp3) is 0.600. The molecular weight excluding hydrogens is 274 g/mol. The van der Waals surface area contributed by atoms with Crippen LogP contribution >= 0.6 is 11.6 Å². The Balaban J connectivity index is 2.24. The molecule has 1 atom stereocenters. The molecule has 2 heterocycles. The van der Waals surface area contributed by atoms with Crippen molar-refractivity contribution in [1.29, 1.82) is 0 Å². The molecule has 20 heavy (non-hydrogen) atoms. The Morgan fingerprint density at radius 2 is 2.25 bits per heavy atom. The van der Waals surface area contributed by atoms with Crippen molar-refractivity contribution >= 4 is 23.3 Å². The number of likely N-dealkylation sites (tertiary alicyclic amines) is 1. The van der Waals surface area contributed by atoms with Crippen LogP contribution in [0.25, 0.3) is 0 Å². The van der Waals surface area contributed by atoms with Gasteiger partial charge in [-0.25, -0.2) is 4.98 Å². The number of aromatic nitrogens is 1. The Morgan fingerprint density at radius 1 is 1.45 bits per heavy atom. The second kappa shape index (κ2) is 6.93. The lowest BCUT2D eigenvalue weighted by Gasteiger charge is -2.27. The van der Waals surface area contributed by atoms with Crippen LogP contribution in [-0.4, -0.2) is 34.9 Å². The van der Waals surface area contributed by atoms with Gasteiger partial charge in [-0.15, -0.1) is 0 Å². The smallest absolute Gasteiger partial charge is 0.274 e. The number of amides is 1. The maximum absolute atomic E-state index is 12.7. The topological polar surface area (TPSA) is 45.2 Å². The first-order valence-corrected chi connectivity index (χ1v) is 7.72. The average Bonchev–Trinajstić information content (AvgIpc) is 2.65. The van der Waals surface area contributed by atoms with Crippen molar-refractivity contribution in [2.45, 2.75) is 45.6 Å². The summed E-state index contributed by atoms with van der Waals surface area (Å²) in [5.41, 5.74) is 0.360. The van der Waals surface area contributed by atoms with Crippen LogP contribution in [0.5, 0.6) is 0 Å². The molecule has 0 spiro atoms. The number of carbonyl (C=O) groups is 1. The second-order valence-corrected chi connectivity index (χ2v) is 5.66. The summed E-state index contributed by atoms with van der Waals surface area (Å²) in [5.74, 6) is 0.645. The van der Waals surface area contributed by atoms with Crippen molar-refractivity contribution in [2.75, 3.05) is 18.4 Å². The summed E-state index contributed by atoms with van der Waals surface area (Å²) in [6.07, 6.45) is 4.48. The Bertz CT molecular complexity index is 478. The lowest BCUT2D eigenvalue weighted by atomic mass is 10.1. The number of nitrogens with one attached hydrogen (secondary N) is 1. The van der Waals surface area contributed by atoms with Crippen LogP contribution in [-0.2, 0) is 0 Å². The van der Waals surface area contributed by atoms with E-state index >= 15 is 0 Å². The largest absolute Gasteiger partial charge is 0.370 e. The van der Waals surface area contributed by atoms with Crippen molar-refractivity contribution in [3.8, 4) is 0 Å². The number of anilines is 1. The van der Waals surface area contributed by atoms with Gasteiger partial charge in [0.05, 0.1) is 5.02 Å². The molecule has 1 N–H and O–H groups in total. The van der Waals surface area contributed by atoms with Gasteiger partial charge in [-0.1, -0.05) is 24.4 Å². The maximum Gasteiger partial charge on any atom is 0.274 e. The molecule has 1 aliphatic rings. The van der Waals surface area contributed by atoms with Crippen LogP contribution in [0.2, 0.25) is 5.02 Å². The molecule has 110 valence electrons. The summed E-state index contributed by atoms with van der Waals surface area (Å²) in [7, 11) is 0. The van der Waals surface area contributed by atoms with Gasteiger partial charge in [0.2, 0.25) is 0 Å². The van der Waals surface area contributed by atoms with Gasteiger partial charge < -0.3 is 10.2 Å². The first-order chi connectivity index (χ1) is 9.63. The third-order valence-electron chi connectivity index (χ3n) is 3.72. The van der Waals surface area contributed by atoms with Gasteiger partial charge in [0, 0.05) is 19.1 Å². The minimum absolute atomic E-state index is 0.0517. The monoisotopic (exact) mass is 295 g/mol. The highest BCUT2D eigenvalue weighted by Gasteiger charge is 2.25. The Hall–Kier alpha value is -1.29. The molecule has 0 saturated carbocycles. The second-order valence-electron chi connectivity index (χ2n) is 5.25. The van der Waals surface area contributed by atoms with E-state index in [1.54, 1.807) is 12.1 Å². The molecule has 0 bridgehead atoms. The normalized spacial score (nSPS) is 19.6. The summed E-state index contributed by atoms with van der Waals surface area (Å²) in [6.45, 7) is 5.66. The van der Waals surface area contributed by atoms with Crippen LogP contribution < -0.4 is 5.32 Å². The molecule has 1 saturated heterocycles. The molecule has 5 heteroatoms. The highest BCUT2D eigenvalue weighted by molar-refractivity contribution is 6.33. The van der Waals surface area contributed by atoms with Gasteiger partial charge in [0.15, 0.2) is 0 Å². The van der Waals surface area contributed by atoms with E-state index in [1.807, 2.05) is 11.8 Å². The number of pyridine rings is 1. The summed E-state index contributed by atoms with van der Waals surface area (Å²) in [5, 5.41) is 3.54. The van der Waals surface area contributed by atoms with Gasteiger partial charge in [-0.2, -0.15) is 0 Å². The molecule has 1 unspecified atom stereocenters. The van der Waals surface area contributed by atoms with Crippen LogP contribution in [0.15, 0.2) is 12.1 Å². The van der Waals surface area contributed by atoms with Crippen LogP contribution in [0.1, 0.15) is 50.0 Å². The van der Waals surface area contributed by atoms with Crippen molar-refractivity contribution in [2.24, 2.45) is 0 Å². The van der Waals surface area contributed by atoms with E-state index in [0.29, 0.717) is 16.5 Å². The predicted molar refractivity (Wildman–Crippen MR) is 82.4 cm³/mol. The van der Waals surface area contributed by atoms with Crippen molar-refractivity contribution in [3.05, 3.63) is 22.8 Å². The molecule has 0 aromatic carbocycles. The highest BCUT2D eigenvalue weighted by atomic mass is 35.5.